The summed E-state index contributed by atoms with van der Waals surface area (Å²) in [4.78, 5) is 1.56. The fraction of sp³-hybridized carbons (Fsp3) is 0.636. The van der Waals surface area contributed by atoms with Crippen LogP contribution in [0.4, 0.5) is 0 Å². The summed E-state index contributed by atoms with van der Waals surface area (Å²) >= 11 is 1.89. The van der Waals surface area contributed by atoms with Gasteiger partial charge < -0.3 is 5.73 Å². The van der Waals surface area contributed by atoms with Crippen LogP contribution in [0.1, 0.15) is 30.2 Å². The van der Waals surface area contributed by atoms with Gasteiger partial charge in [0.2, 0.25) is 0 Å². The molecule has 1 heterocycles. The molecular formula is C11H17NS. The second-order valence-corrected chi connectivity index (χ2v) is 5.56. The van der Waals surface area contributed by atoms with Crippen LogP contribution in [-0.2, 0) is 0 Å². The van der Waals surface area contributed by atoms with Gasteiger partial charge in [0.15, 0.2) is 0 Å². The van der Waals surface area contributed by atoms with Crippen molar-refractivity contribution in [3.05, 3.63) is 21.9 Å². The van der Waals surface area contributed by atoms with Gasteiger partial charge in [0.25, 0.3) is 0 Å². The van der Waals surface area contributed by atoms with E-state index < -0.39 is 0 Å². The Hall–Kier alpha value is -0.340. The van der Waals surface area contributed by atoms with Crippen molar-refractivity contribution in [2.24, 2.45) is 17.1 Å². The molecule has 0 spiro atoms. The zero-order valence-electron chi connectivity index (χ0n) is 8.50. The summed E-state index contributed by atoms with van der Waals surface area (Å²) < 4.78 is 0. The summed E-state index contributed by atoms with van der Waals surface area (Å²) in [5.74, 6) is 1.42. The van der Waals surface area contributed by atoms with Gasteiger partial charge in [0.05, 0.1) is 0 Å². The number of nitrogens with two attached hydrogens (primary N) is 1. The Morgan fingerprint density at radius 1 is 1.54 bits per heavy atom. The fourth-order valence-corrected chi connectivity index (χ4v) is 3.69. The molecule has 13 heavy (non-hydrogen) atoms. The average Bonchev–Trinajstić information content (AvgIpc) is 2.41. The first-order valence-electron chi connectivity index (χ1n) is 4.83. The number of hydrogen-bond donors (Lipinski definition) is 1. The number of rotatable bonds is 2. The van der Waals surface area contributed by atoms with Crippen molar-refractivity contribution < 1.29 is 0 Å². The van der Waals surface area contributed by atoms with E-state index in [-0.39, 0.29) is 0 Å². The highest BCUT2D eigenvalue weighted by Gasteiger charge is 2.58. The molecule has 2 rings (SSSR count). The van der Waals surface area contributed by atoms with Gasteiger partial charge in [-0.1, -0.05) is 13.8 Å². The van der Waals surface area contributed by atoms with Crippen LogP contribution in [0.3, 0.4) is 0 Å². The Morgan fingerprint density at radius 3 is 2.62 bits per heavy atom. The second-order valence-electron chi connectivity index (χ2n) is 4.61. The molecule has 1 saturated carbocycles. The Morgan fingerprint density at radius 2 is 2.23 bits per heavy atom. The van der Waals surface area contributed by atoms with Crippen LogP contribution in [0, 0.1) is 18.3 Å². The lowest BCUT2D eigenvalue weighted by atomic mass is 10.1. The van der Waals surface area contributed by atoms with Crippen LogP contribution < -0.4 is 5.73 Å². The van der Waals surface area contributed by atoms with E-state index in [0.29, 0.717) is 11.3 Å². The van der Waals surface area contributed by atoms with E-state index in [1.807, 2.05) is 11.3 Å². The highest BCUT2D eigenvalue weighted by molar-refractivity contribution is 7.10. The van der Waals surface area contributed by atoms with E-state index >= 15 is 0 Å². The van der Waals surface area contributed by atoms with Crippen LogP contribution >= 0.6 is 11.3 Å². The van der Waals surface area contributed by atoms with Crippen molar-refractivity contribution in [2.75, 3.05) is 6.54 Å². The van der Waals surface area contributed by atoms with Crippen LogP contribution in [-0.4, -0.2) is 6.54 Å². The van der Waals surface area contributed by atoms with Crippen molar-refractivity contribution in [3.63, 3.8) is 0 Å². The lowest BCUT2D eigenvalue weighted by Gasteiger charge is -2.00. The third-order valence-electron chi connectivity index (χ3n) is 3.49. The van der Waals surface area contributed by atoms with Crippen molar-refractivity contribution in [1.82, 2.24) is 0 Å². The van der Waals surface area contributed by atoms with E-state index in [0.717, 1.165) is 12.5 Å². The topological polar surface area (TPSA) is 26.0 Å². The highest BCUT2D eigenvalue weighted by Crippen LogP contribution is 2.65. The summed E-state index contributed by atoms with van der Waals surface area (Å²) in [7, 11) is 0. The standard InChI is InChI=1S/C11H17NS/c1-7-4-5-13-10(7)9-8(6-12)11(9,2)3/h4-5,8-9H,6,12H2,1-3H3/t8-,9+/m1/s1. The van der Waals surface area contributed by atoms with Crippen molar-refractivity contribution in [2.45, 2.75) is 26.7 Å². The molecule has 1 aliphatic rings. The maximum atomic E-state index is 5.76. The minimum atomic E-state index is 0.435. The minimum Gasteiger partial charge on any atom is -0.330 e. The van der Waals surface area contributed by atoms with Crippen LogP contribution in [0.2, 0.25) is 0 Å². The summed E-state index contributed by atoms with van der Waals surface area (Å²) in [5, 5.41) is 2.19. The highest BCUT2D eigenvalue weighted by atomic mass is 32.1. The summed E-state index contributed by atoms with van der Waals surface area (Å²) in [6.45, 7) is 7.69. The first-order chi connectivity index (χ1) is 6.09. The molecule has 1 aromatic rings. The van der Waals surface area contributed by atoms with Gasteiger partial charge in [-0.05, 0) is 41.8 Å². The maximum Gasteiger partial charge on any atom is 0.0114 e. The molecule has 2 atom stereocenters. The molecular weight excluding hydrogens is 178 g/mol. The van der Waals surface area contributed by atoms with Gasteiger partial charge in [0, 0.05) is 10.8 Å². The van der Waals surface area contributed by atoms with Crippen molar-refractivity contribution in [3.8, 4) is 0 Å². The maximum absolute atomic E-state index is 5.76. The lowest BCUT2D eigenvalue weighted by Crippen LogP contribution is -2.05. The quantitative estimate of drug-likeness (QED) is 0.771. The third-order valence-corrected chi connectivity index (χ3v) is 4.59. The summed E-state index contributed by atoms with van der Waals surface area (Å²) in [5.41, 5.74) is 7.64. The predicted molar refractivity (Wildman–Crippen MR) is 58.1 cm³/mol. The Balaban J connectivity index is 2.26. The summed E-state index contributed by atoms with van der Waals surface area (Å²) in [6.07, 6.45) is 0. The molecule has 1 nitrogen and oxygen atoms in total. The van der Waals surface area contributed by atoms with E-state index in [2.05, 4.69) is 32.2 Å². The molecule has 1 aromatic heterocycles. The molecule has 0 bridgehead atoms. The largest absolute Gasteiger partial charge is 0.330 e. The molecule has 2 N–H and O–H groups in total. The van der Waals surface area contributed by atoms with Gasteiger partial charge in [-0.15, -0.1) is 11.3 Å². The minimum absolute atomic E-state index is 0.435. The molecule has 0 unspecified atom stereocenters. The monoisotopic (exact) mass is 195 g/mol. The molecule has 72 valence electrons. The molecule has 0 amide bonds. The number of aryl methyl sites for hydroxylation is 1. The Labute approximate surface area is 84.0 Å². The fourth-order valence-electron chi connectivity index (χ4n) is 2.41. The van der Waals surface area contributed by atoms with Gasteiger partial charge >= 0.3 is 0 Å². The van der Waals surface area contributed by atoms with Crippen LogP contribution in [0.15, 0.2) is 11.4 Å². The van der Waals surface area contributed by atoms with Gasteiger partial charge in [-0.3, -0.25) is 0 Å². The van der Waals surface area contributed by atoms with E-state index in [1.165, 1.54) is 5.56 Å². The van der Waals surface area contributed by atoms with E-state index in [9.17, 15) is 0 Å². The first kappa shape index (κ1) is 9.22. The first-order valence-corrected chi connectivity index (χ1v) is 5.71. The normalized spacial score (nSPS) is 30.5. The molecule has 1 aliphatic carbocycles. The Kier molecular flexibility index (Phi) is 2.00. The summed E-state index contributed by atoms with van der Waals surface area (Å²) in [6, 6.07) is 2.21. The molecule has 0 aromatic carbocycles. The van der Waals surface area contributed by atoms with E-state index in [1.54, 1.807) is 4.88 Å². The van der Waals surface area contributed by atoms with Gasteiger partial charge in [-0.2, -0.15) is 0 Å². The molecule has 1 fully saturated rings. The smallest absolute Gasteiger partial charge is 0.0114 e. The second kappa shape index (κ2) is 2.82. The predicted octanol–water partition coefficient (Wildman–Crippen LogP) is 2.75. The molecule has 0 radical (unpaired) electrons. The lowest BCUT2D eigenvalue weighted by molar-refractivity contribution is 0.559. The van der Waals surface area contributed by atoms with Gasteiger partial charge in [-0.25, -0.2) is 0 Å². The Bertz CT molecular complexity index is 314. The number of hydrogen-bond acceptors (Lipinski definition) is 2. The van der Waals surface area contributed by atoms with Crippen LogP contribution in [0.5, 0.6) is 0 Å². The molecule has 0 saturated heterocycles. The molecule has 0 aliphatic heterocycles. The van der Waals surface area contributed by atoms with Crippen LogP contribution in [0.25, 0.3) is 0 Å². The molecule has 2 heteroatoms. The van der Waals surface area contributed by atoms with Crippen molar-refractivity contribution in [1.29, 1.82) is 0 Å². The third kappa shape index (κ3) is 1.24. The zero-order chi connectivity index (χ0) is 9.64. The zero-order valence-corrected chi connectivity index (χ0v) is 9.32. The van der Waals surface area contributed by atoms with E-state index in [4.69, 9.17) is 5.73 Å². The average molecular weight is 195 g/mol. The SMILES string of the molecule is Cc1ccsc1[C@@H]1[C@@H](CN)C1(C)C. The number of thiophene rings is 1. The van der Waals surface area contributed by atoms with Gasteiger partial charge in [0.1, 0.15) is 0 Å². The van der Waals surface area contributed by atoms with Crippen molar-refractivity contribution >= 4 is 11.3 Å².